The number of benzene rings is 2. The molecular formula is C30H40N6O5S. The maximum Gasteiger partial charge on any atom is 0.260 e. The number of fused-ring (bicyclic) bond motifs is 1. The SMILES string of the molecule is CC(=O)N1CCN(CCS(=O)(=O)N2CCN(C(=O)COc3cc4ccccc4cc3C#N)[C@@H](CN3CCCC3)C2)CC1. The molecule has 3 heterocycles. The Morgan fingerprint density at radius 2 is 1.64 bits per heavy atom. The van der Waals surface area contributed by atoms with Crippen molar-refractivity contribution in [2.24, 2.45) is 0 Å². The molecule has 226 valence electrons. The number of hydrogen-bond acceptors (Lipinski definition) is 8. The molecule has 0 saturated carbocycles. The van der Waals surface area contributed by atoms with Crippen molar-refractivity contribution in [2.45, 2.75) is 25.8 Å². The average Bonchev–Trinajstić information content (AvgIpc) is 3.51. The number of carbonyl (C=O) groups is 2. The Balaban J connectivity index is 1.22. The number of sulfonamides is 1. The average molecular weight is 597 g/mol. The second-order valence-corrected chi connectivity index (χ2v) is 13.5. The van der Waals surface area contributed by atoms with E-state index in [1.54, 1.807) is 33.2 Å². The summed E-state index contributed by atoms with van der Waals surface area (Å²) in [7, 11) is -3.53. The quantitative estimate of drug-likeness (QED) is 0.424. The summed E-state index contributed by atoms with van der Waals surface area (Å²) < 4.78 is 34.3. The Bertz CT molecular complexity index is 1430. The van der Waals surface area contributed by atoms with Crippen LogP contribution in [0.4, 0.5) is 0 Å². The monoisotopic (exact) mass is 596 g/mol. The van der Waals surface area contributed by atoms with Crippen LogP contribution in [0, 0.1) is 11.3 Å². The molecule has 3 fully saturated rings. The van der Waals surface area contributed by atoms with Gasteiger partial charge in [-0.2, -0.15) is 9.57 Å². The fourth-order valence-corrected chi connectivity index (χ4v) is 7.64. The van der Waals surface area contributed by atoms with E-state index < -0.39 is 10.0 Å². The molecule has 2 amide bonds. The third-order valence-corrected chi connectivity index (χ3v) is 10.4. The highest BCUT2D eigenvalue weighted by atomic mass is 32.2. The third-order valence-electron chi connectivity index (χ3n) is 8.63. The van der Waals surface area contributed by atoms with Gasteiger partial charge in [0, 0.05) is 65.8 Å². The van der Waals surface area contributed by atoms with Crippen molar-refractivity contribution >= 4 is 32.6 Å². The van der Waals surface area contributed by atoms with Crippen LogP contribution in [0.15, 0.2) is 36.4 Å². The van der Waals surface area contributed by atoms with Crippen molar-refractivity contribution in [2.75, 3.05) is 84.4 Å². The molecule has 3 aliphatic rings. The number of piperazine rings is 2. The van der Waals surface area contributed by atoms with E-state index in [0.717, 1.165) is 36.7 Å². The number of carbonyl (C=O) groups excluding carboxylic acids is 2. The van der Waals surface area contributed by atoms with Crippen molar-refractivity contribution in [3.05, 3.63) is 42.0 Å². The zero-order valence-electron chi connectivity index (χ0n) is 24.3. The Kier molecular flexibility index (Phi) is 9.63. The van der Waals surface area contributed by atoms with Crippen LogP contribution in [-0.4, -0.2) is 135 Å². The second-order valence-electron chi connectivity index (χ2n) is 11.4. The molecular weight excluding hydrogens is 556 g/mol. The van der Waals surface area contributed by atoms with E-state index >= 15 is 0 Å². The number of likely N-dealkylation sites (tertiary alicyclic amines) is 1. The van der Waals surface area contributed by atoms with Crippen molar-refractivity contribution in [1.29, 1.82) is 5.26 Å². The first-order valence-electron chi connectivity index (χ1n) is 14.8. The summed E-state index contributed by atoms with van der Waals surface area (Å²) >= 11 is 0. The molecule has 0 aliphatic carbocycles. The predicted octanol–water partition coefficient (Wildman–Crippen LogP) is 1.19. The van der Waals surface area contributed by atoms with Gasteiger partial charge in [-0.15, -0.1) is 0 Å². The molecule has 42 heavy (non-hydrogen) atoms. The molecule has 11 nitrogen and oxygen atoms in total. The number of hydrogen-bond donors (Lipinski definition) is 0. The van der Waals surface area contributed by atoms with E-state index in [1.807, 2.05) is 24.3 Å². The Morgan fingerprint density at radius 1 is 0.952 bits per heavy atom. The van der Waals surface area contributed by atoms with Gasteiger partial charge in [0.1, 0.15) is 11.8 Å². The fourth-order valence-electron chi connectivity index (χ4n) is 6.14. The van der Waals surface area contributed by atoms with Crippen molar-refractivity contribution in [1.82, 2.24) is 23.9 Å². The van der Waals surface area contributed by atoms with Crippen molar-refractivity contribution in [3.63, 3.8) is 0 Å². The molecule has 3 saturated heterocycles. The Hall–Kier alpha value is -3.24. The van der Waals surface area contributed by atoms with Gasteiger partial charge in [0.05, 0.1) is 17.4 Å². The topological polar surface area (TPSA) is 118 Å². The molecule has 3 aliphatic heterocycles. The van der Waals surface area contributed by atoms with Gasteiger partial charge in [-0.1, -0.05) is 24.3 Å². The van der Waals surface area contributed by atoms with Gasteiger partial charge in [-0.05, 0) is 48.8 Å². The van der Waals surface area contributed by atoms with Gasteiger partial charge in [-0.3, -0.25) is 14.5 Å². The normalized spacial score (nSPS) is 21.0. The lowest BCUT2D eigenvalue weighted by Crippen LogP contribution is -2.60. The van der Waals surface area contributed by atoms with Crippen LogP contribution in [0.5, 0.6) is 5.75 Å². The lowest BCUT2D eigenvalue weighted by atomic mass is 10.1. The number of nitrogens with zero attached hydrogens (tertiary/aromatic N) is 6. The molecule has 2 aromatic rings. The molecule has 0 unspecified atom stereocenters. The van der Waals surface area contributed by atoms with Crippen molar-refractivity contribution in [3.8, 4) is 11.8 Å². The van der Waals surface area contributed by atoms with Crippen LogP contribution in [0.2, 0.25) is 0 Å². The van der Waals surface area contributed by atoms with Crippen LogP contribution >= 0.6 is 0 Å². The molecule has 12 heteroatoms. The number of amides is 2. The first-order chi connectivity index (χ1) is 20.2. The highest BCUT2D eigenvalue weighted by Crippen LogP contribution is 2.26. The number of ether oxygens (including phenoxy) is 1. The first kappa shape index (κ1) is 30.2. The van der Waals surface area contributed by atoms with E-state index in [0.29, 0.717) is 57.1 Å². The molecule has 0 radical (unpaired) electrons. The molecule has 2 aromatic carbocycles. The summed E-state index contributed by atoms with van der Waals surface area (Å²) in [5.41, 5.74) is 0.369. The lowest BCUT2D eigenvalue weighted by molar-refractivity contribution is -0.138. The second kappa shape index (κ2) is 13.4. The highest BCUT2D eigenvalue weighted by Gasteiger charge is 2.37. The minimum atomic E-state index is -3.53. The smallest absolute Gasteiger partial charge is 0.260 e. The van der Waals surface area contributed by atoms with E-state index in [-0.39, 0.29) is 43.3 Å². The molecule has 0 N–H and O–H groups in total. The maximum atomic E-state index is 13.5. The summed E-state index contributed by atoms with van der Waals surface area (Å²) in [5, 5.41) is 11.5. The molecule has 0 bridgehead atoms. The summed E-state index contributed by atoms with van der Waals surface area (Å²) in [6.45, 7) is 7.60. The first-order valence-corrected chi connectivity index (χ1v) is 16.4. The molecule has 1 atom stereocenters. The van der Waals surface area contributed by atoms with Crippen LogP contribution in [0.1, 0.15) is 25.3 Å². The molecule has 0 spiro atoms. The van der Waals surface area contributed by atoms with Crippen LogP contribution < -0.4 is 4.74 Å². The fraction of sp³-hybridized carbons (Fsp3) is 0.567. The summed E-state index contributed by atoms with van der Waals surface area (Å²) in [4.78, 5) is 33.0. The van der Waals surface area contributed by atoms with Gasteiger partial charge in [0.2, 0.25) is 15.9 Å². The predicted molar refractivity (Wildman–Crippen MR) is 159 cm³/mol. The maximum absolute atomic E-state index is 13.5. The van der Waals surface area contributed by atoms with Crippen LogP contribution in [0.3, 0.4) is 0 Å². The largest absolute Gasteiger partial charge is 0.482 e. The van der Waals surface area contributed by atoms with Gasteiger partial charge in [0.15, 0.2) is 6.61 Å². The minimum absolute atomic E-state index is 0.0134. The Morgan fingerprint density at radius 3 is 2.31 bits per heavy atom. The zero-order chi connectivity index (χ0) is 29.7. The van der Waals surface area contributed by atoms with Gasteiger partial charge in [-0.25, -0.2) is 8.42 Å². The summed E-state index contributed by atoms with van der Waals surface area (Å²) in [6.07, 6.45) is 2.20. The van der Waals surface area contributed by atoms with Gasteiger partial charge >= 0.3 is 0 Å². The molecule has 0 aromatic heterocycles. The van der Waals surface area contributed by atoms with E-state index in [2.05, 4.69) is 15.9 Å². The number of rotatable bonds is 9. The third kappa shape index (κ3) is 7.21. The van der Waals surface area contributed by atoms with Gasteiger partial charge in [0.25, 0.3) is 5.91 Å². The standard InChI is InChI=1S/C30H40N6O5S/c1-24(37)34-12-10-32(11-13-34)16-17-42(39,40)35-14-15-36(28(22-35)21-33-8-4-5-9-33)30(38)23-41-29-19-26-7-3-2-6-25(26)18-27(29)20-31/h2-3,6-7,18-19,28H,4-5,8-17,21-23H2,1H3/t28-/m0/s1. The number of nitriles is 1. The van der Waals surface area contributed by atoms with E-state index in [9.17, 15) is 23.3 Å². The van der Waals surface area contributed by atoms with E-state index in [4.69, 9.17) is 4.74 Å². The van der Waals surface area contributed by atoms with Crippen molar-refractivity contribution < 1.29 is 22.7 Å². The highest BCUT2D eigenvalue weighted by molar-refractivity contribution is 7.89. The zero-order valence-corrected chi connectivity index (χ0v) is 25.1. The van der Waals surface area contributed by atoms with Crippen LogP contribution in [0.25, 0.3) is 10.8 Å². The van der Waals surface area contributed by atoms with Crippen LogP contribution in [-0.2, 0) is 19.6 Å². The van der Waals surface area contributed by atoms with Gasteiger partial charge < -0.3 is 19.4 Å². The summed E-state index contributed by atoms with van der Waals surface area (Å²) in [6, 6.07) is 13.1. The molecule has 5 rings (SSSR count). The minimum Gasteiger partial charge on any atom is -0.482 e. The lowest BCUT2D eigenvalue weighted by Gasteiger charge is -2.42. The summed E-state index contributed by atoms with van der Waals surface area (Å²) in [5.74, 6) is 0.217. The Labute approximate surface area is 248 Å². The van der Waals surface area contributed by atoms with E-state index in [1.165, 1.54) is 0 Å².